The van der Waals surface area contributed by atoms with Crippen molar-refractivity contribution in [3.05, 3.63) is 18.0 Å². The molecule has 0 bridgehead atoms. The van der Waals surface area contributed by atoms with Crippen LogP contribution in [0.1, 0.15) is 19.0 Å². The van der Waals surface area contributed by atoms with E-state index in [-0.39, 0.29) is 5.75 Å². The molecule has 25 heavy (non-hydrogen) atoms. The minimum atomic E-state index is -3.38. The number of rotatable bonds is 8. The molecule has 1 saturated heterocycles. The minimum absolute atomic E-state index is 0.130. The lowest BCUT2D eigenvalue weighted by atomic mass is 10.4. The molecule has 1 fully saturated rings. The van der Waals surface area contributed by atoms with Crippen LogP contribution < -0.4 is 5.32 Å². The van der Waals surface area contributed by atoms with Crippen LogP contribution in [0.5, 0.6) is 0 Å². The van der Waals surface area contributed by atoms with Crippen LogP contribution in [-0.4, -0.2) is 81.7 Å². The predicted molar refractivity (Wildman–Crippen MR) is 94.7 cm³/mol. The average Bonchev–Trinajstić information content (AvgIpc) is 3.10. The Morgan fingerprint density at radius 2 is 2.16 bits per heavy atom. The summed E-state index contributed by atoms with van der Waals surface area (Å²) in [6.07, 6.45) is 2.24. The van der Waals surface area contributed by atoms with Crippen LogP contribution in [0, 0.1) is 0 Å². The number of aliphatic imine (C=N–C) groups is 1. The monoisotopic (exact) mass is 373 g/mol. The number of ether oxygens (including phenoxy) is 1. The maximum absolute atomic E-state index is 12.5. The topological polar surface area (TPSA) is 100 Å². The van der Waals surface area contributed by atoms with Crippen LogP contribution in [0.2, 0.25) is 0 Å². The summed E-state index contributed by atoms with van der Waals surface area (Å²) >= 11 is 0. The number of guanidine groups is 1. The lowest BCUT2D eigenvalue weighted by Gasteiger charge is -2.35. The molecule has 10 heteroatoms. The van der Waals surface area contributed by atoms with Gasteiger partial charge >= 0.3 is 0 Å². The summed E-state index contributed by atoms with van der Waals surface area (Å²) < 4.78 is 36.2. The van der Waals surface area contributed by atoms with Crippen LogP contribution in [0.3, 0.4) is 0 Å². The molecule has 0 saturated carbocycles. The van der Waals surface area contributed by atoms with E-state index in [1.165, 1.54) is 10.6 Å². The minimum Gasteiger partial charge on any atom is -0.385 e. The standard InChI is InChI=1S/C15H27N5O4S/c1-3-16-15(17-6-4-11-23-2)19-7-9-20(10-8-19)25(21,22)13-14-5-12-24-18-14/h5,12H,3-4,6-11,13H2,1-2H3,(H,16,17). The van der Waals surface area contributed by atoms with Gasteiger partial charge in [0, 0.05) is 59.1 Å². The van der Waals surface area contributed by atoms with E-state index in [1.807, 2.05) is 6.92 Å². The highest BCUT2D eigenvalue weighted by molar-refractivity contribution is 7.88. The molecule has 1 aromatic rings. The molecule has 1 aliphatic heterocycles. The number of hydrogen-bond donors (Lipinski definition) is 1. The molecule has 142 valence electrons. The Labute approximate surface area is 149 Å². The van der Waals surface area contributed by atoms with Gasteiger partial charge < -0.3 is 19.5 Å². The summed E-state index contributed by atoms with van der Waals surface area (Å²) in [6.45, 7) is 6.22. The van der Waals surface area contributed by atoms with Gasteiger partial charge in [-0.05, 0) is 13.3 Å². The van der Waals surface area contributed by atoms with Crippen molar-refractivity contribution in [1.29, 1.82) is 0 Å². The van der Waals surface area contributed by atoms with Gasteiger partial charge in [0.15, 0.2) is 5.96 Å². The second kappa shape index (κ2) is 9.73. The Kier molecular flexibility index (Phi) is 7.66. The fourth-order valence-corrected chi connectivity index (χ4v) is 4.01. The molecular weight excluding hydrogens is 346 g/mol. The third-order valence-electron chi connectivity index (χ3n) is 3.86. The first-order valence-corrected chi connectivity index (χ1v) is 10.1. The largest absolute Gasteiger partial charge is 0.385 e. The molecule has 0 amide bonds. The number of piperazine rings is 1. The van der Waals surface area contributed by atoms with E-state index >= 15 is 0 Å². The van der Waals surface area contributed by atoms with Gasteiger partial charge in [0.2, 0.25) is 10.0 Å². The zero-order chi connectivity index (χ0) is 18.1. The van der Waals surface area contributed by atoms with Gasteiger partial charge in [-0.1, -0.05) is 5.16 Å². The lowest BCUT2D eigenvalue weighted by molar-refractivity contribution is 0.196. The smallest absolute Gasteiger partial charge is 0.220 e. The fourth-order valence-electron chi connectivity index (χ4n) is 2.59. The lowest BCUT2D eigenvalue weighted by Crippen LogP contribution is -2.53. The highest BCUT2D eigenvalue weighted by Crippen LogP contribution is 2.12. The van der Waals surface area contributed by atoms with Crippen molar-refractivity contribution in [2.75, 3.05) is 53.0 Å². The Morgan fingerprint density at radius 3 is 2.76 bits per heavy atom. The van der Waals surface area contributed by atoms with Crippen molar-refractivity contribution in [3.8, 4) is 0 Å². The van der Waals surface area contributed by atoms with E-state index in [4.69, 9.17) is 9.26 Å². The number of sulfonamides is 1. The van der Waals surface area contributed by atoms with Crippen molar-refractivity contribution in [2.45, 2.75) is 19.1 Å². The van der Waals surface area contributed by atoms with E-state index in [1.54, 1.807) is 13.2 Å². The highest BCUT2D eigenvalue weighted by atomic mass is 32.2. The van der Waals surface area contributed by atoms with Crippen LogP contribution in [0.4, 0.5) is 0 Å². The first-order valence-electron chi connectivity index (χ1n) is 8.46. The fraction of sp³-hybridized carbons (Fsp3) is 0.733. The number of aromatic nitrogens is 1. The molecule has 0 spiro atoms. The van der Waals surface area contributed by atoms with Gasteiger partial charge in [-0.25, -0.2) is 8.42 Å². The molecular formula is C15H27N5O4S. The molecule has 1 N–H and O–H groups in total. The van der Waals surface area contributed by atoms with Gasteiger partial charge in [0.05, 0.1) is 5.69 Å². The molecule has 0 unspecified atom stereocenters. The number of methoxy groups -OCH3 is 1. The molecule has 1 aliphatic rings. The second-order valence-electron chi connectivity index (χ2n) is 5.72. The van der Waals surface area contributed by atoms with Crippen molar-refractivity contribution in [2.24, 2.45) is 4.99 Å². The van der Waals surface area contributed by atoms with Crippen LogP contribution >= 0.6 is 0 Å². The predicted octanol–water partition coefficient (Wildman–Crippen LogP) is 0.124. The second-order valence-corrected chi connectivity index (χ2v) is 7.68. The Morgan fingerprint density at radius 1 is 1.40 bits per heavy atom. The molecule has 0 aromatic carbocycles. The third-order valence-corrected chi connectivity index (χ3v) is 5.67. The van der Waals surface area contributed by atoms with Crippen molar-refractivity contribution in [1.82, 2.24) is 19.7 Å². The van der Waals surface area contributed by atoms with Gasteiger partial charge in [0.1, 0.15) is 12.0 Å². The molecule has 2 rings (SSSR count). The normalized spacial score (nSPS) is 17.0. The van der Waals surface area contributed by atoms with Crippen LogP contribution in [0.25, 0.3) is 0 Å². The summed E-state index contributed by atoms with van der Waals surface area (Å²) in [4.78, 5) is 6.68. The maximum atomic E-state index is 12.5. The third kappa shape index (κ3) is 5.98. The summed E-state index contributed by atoms with van der Waals surface area (Å²) in [5, 5.41) is 6.95. The Balaban J connectivity index is 1.90. The number of hydrogen-bond acceptors (Lipinski definition) is 6. The van der Waals surface area contributed by atoms with Crippen LogP contribution in [0.15, 0.2) is 21.8 Å². The average molecular weight is 373 g/mol. The van der Waals surface area contributed by atoms with E-state index in [0.29, 0.717) is 45.0 Å². The Bertz CT molecular complexity index is 624. The summed E-state index contributed by atoms with van der Waals surface area (Å²) in [6, 6.07) is 1.57. The maximum Gasteiger partial charge on any atom is 0.220 e. The zero-order valence-electron chi connectivity index (χ0n) is 14.8. The molecule has 1 aromatic heterocycles. The number of nitrogens with zero attached hydrogens (tertiary/aromatic N) is 4. The Hall–Kier alpha value is -1.65. The molecule has 2 heterocycles. The van der Waals surface area contributed by atoms with Crippen molar-refractivity contribution < 1.29 is 17.7 Å². The van der Waals surface area contributed by atoms with Gasteiger partial charge in [-0.2, -0.15) is 4.31 Å². The first kappa shape index (κ1) is 19.7. The molecule has 9 nitrogen and oxygen atoms in total. The SMILES string of the molecule is CCNC(=NCCCOC)N1CCN(S(=O)(=O)Cc2ccon2)CC1. The van der Waals surface area contributed by atoms with Gasteiger partial charge in [0.25, 0.3) is 0 Å². The summed E-state index contributed by atoms with van der Waals surface area (Å²) in [5.41, 5.74) is 0.426. The van der Waals surface area contributed by atoms with E-state index in [0.717, 1.165) is 18.9 Å². The molecule has 0 radical (unpaired) electrons. The van der Waals surface area contributed by atoms with Crippen molar-refractivity contribution in [3.63, 3.8) is 0 Å². The summed E-state index contributed by atoms with van der Waals surface area (Å²) in [7, 11) is -1.71. The van der Waals surface area contributed by atoms with Crippen LogP contribution in [-0.2, 0) is 20.5 Å². The van der Waals surface area contributed by atoms with Gasteiger partial charge in [-0.15, -0.1) is 0 Å². The van der Waals surface area contributed by atoms with E-state index < -0.39 is 10.0 Å². The molecule has 0 atom stereocenters. The van der Waals surface area contributed by atoms with E-state index in [9.17, 15) is 8.42 Å². The number of nitrogens with one attached hydrogen (secondary N) is 1. The first-order chi connectivity index (χ1) is 12.1. The van der Waals surface area contributed by atoms with E-state index in [2.05, 4.69) is 20.4 Å². The quantitative estimate of drug-likeness (QED) is 0.392. The van der Waals surface area contributed by atoms with Crippen molar-refractivity contribution >= 4 is 16.0 Å². The highest BCUT2D eigenvalue weighted by Gasteiger charge is 2.28. The zero-order valence-corrected chi connectivity index (χ0v) is 15.7. The summed E-state index contributed by atoms with van der Waals surface area (Å²) in [5.74, 6) is 0.696. The van der Waals surface area contributed by atoms with Gasteiger partial charge in [-0.3, -0.25) is 4.99 Å². The molecule has 0 aliphatic carbocycles.